The molecule has 148 valence electrons. The number of halogens is 1. The Balaban J connectivity index is 1.87. The summed E-state index contributed by atoms with van der Waals surface area (Å²) in [6.07, 6.45) is 6.48. The number of amides is 2. The molecule has 0 saturated heterocycles. The molecule has 1 saturated carbocycles. The second-order valence-corrected chi connectivity index (χ2v) is 7.89. The highest BCUT2D eigenvalue weighted by atomic mass is 35.5. The lowest BCUT2D eigenvalue weighted by Gasteiger charge is -2.18. The van der Waals surface area contributed by atoms with Crippen molar-refractivity contribution in [2.75, 3.05) is 18.6 Å². The fourth-order valence-electron chi connectivity index (χ4n) is 2.90. The molecule has 1 aliphatic rings. The van der Waals surface area contributed by atoms with Crippen LogP contribution in [0.5, 0.6) is 0 Å². The van der Waals surface area contributed by atoms with Crippen LogP contribution in [0.25, 0.3) is 0 Å². The predicted molar refractivity (Wildman–Crippen MR) is 107 cm³/mol. The van der Waals surface area contributed by atoms with Crippen LogP contribution < -0.4 is 10.6 Å². The lowest BCUT2D eigenvalue weighted by Crippen LogP contribution is -2.44. The third-order valence-electron chi connectivity index (χ3n) is 4.37. The maximum atomic E-state index is 12.4. The third kappa shape index (κ3) is 7.42. The van der Waals surface area contributed by atoms with Crippen molar-refractivity contribution in [3.8, 4) is 0 Å². The van der Waals surface area contributed by atoms with Gasteiger partial charge in [0.25, 0.3) is 11.8 Å². The number of thioether (sulfide) groups is 1. The summed E-state index contributed by atoms with van der Waals surface area (Å²) in [6, 6.07) is 5.76. The van der Waals surface area contributed by atoms with Crippen LogP contribution in [0.4, 0.5) is 0 Å². The first-order chi connectivity index (χ1) is 13.0. The quantitative estimate of drug-likeness (QED) is 0.609. The highest BCUT2D eigenvalue weighted by Gasteiger charge is 2.24. The Bertz CT molecular complexity index is 648. The minimum Gasteiger partial charge on any atom is -0.454 e. The van der Waals surface area contributed by atoms with Crippen molar-refractivity contribution in [1.82, 2.24) is 10.6 Å². The van der Waals surface area contributed by atoms with Crippen LogP contribution in [0.1, 0.15) is 42.5 Å². The van der Waals surface area contributed by atoms with Gasteiger partial charge in [0.05, 0.1) is 0 Å². The average molecular weight is 413 g/mol. The molecule has 2 amide bonds. The molecule has 1 aliphatic carbocycles. The van der Waals surface area contributed by atoms with Gasteiger partial charge in [-0.1, -0.05) is 24.4 Å². The highest BCUT2D eigenvalue weighted by molar-refractivity contribution is 7.98. The zero-order chi connectivity index (χ0) is 19.6. The minimum absolute atomic E-state index is 0.174. The molecule has 8 heteroatoms. The van der Waals surface area contributed by atoms with Gasteiger partial charge in [0.2, 0.25) is 0 Å². The zero-order valence-corrected chi connectivity index (χ0v) is 16.9. The molecule has 1 aromatic rings. The monoisotopic (exact) mass is 412 g/mol. The van der Waals surface area contributed by atoms with Crippen molar-refractivity contribution in [1.29, 1.82) is 0 Å². The fraction of sp³-hybridized carbons (Fsp3) is 0.526. The largest absolute Gasteiger partial charge is 0.454 e. The molecule has 0 radical (unpaired) electrons. The van der Waals surface area contributed by atoms with Crippen molar-refractivity contribution in [3.05, 3.63) is 34.9 Å². The van der Waals surface area contributed by atoms with Crippen LogP contribution >= 0.6 is 23.4 Å². The van der Waals surface area contributed by atoms with E-state index in [2.05, 4.69) is 10.6 Å². The summed E-state index contributed by atoms with van der Waals surface area (Å²) in [5.74, 6) is -0.615. The van der Waals surface area contributed by atoms with Gasteiger partial charge in [-0.3, -0.25) is 9.59 Å². The van der Waals surface area contributed by atoms with Gasteiger partial charge in [-0.05, 0) is 55.5 Å². The standard InChI is InChI=1S/C19H25ClN2O4S/c1-27-11-10-16(22-18(24)13-6-8-14(20)9-7-13)19(25)26-12-17(23)21-15-4-2-3-5-15/h6-9,15-16H,2-5,10-12H2,1H3,(H,21,23)(H,22,24)/t16-/m1/s1. The maximum Gasteiger partial charge on any atom is 0.329 e. The first-order valence-corrected chi connectivity index (χ1v) is 10.8. The number of hydrogen-bond donors (Lipinski definition) is 2. The van der Waals surface area contributed by atoms with Crippen molar-refractivity contribution in [3.63, 3.8) is 0 Å². The Labute approximate surface area is 168 Å². The molecule has 27 heavy (non-hydrogen) atoms. The number of ether oxygens (including phenoxy) is 1. The Morgan fingerprint density at radius 2 is 1.89 bits per heavy atom. The summed E-state index contributed by atoms with van der Waals surface area (Å²) in [5.41, 5.74) is 0.403. The van der Waals surface area contributed by atoms with Gasteiger partial charge in [0.1, 0.15) is 6.04 Å². The van der Waals surface area contributed by atoms with Gasteiger partial charge in [-0.15, -0.1) is 0 Å². The molecule has 1 aromatic carbocycles. The van der Waals surface area contributed by atoms with Crippen molar-refractivity contribution >= 4 is 41.1 Å². The normalized spacial score (nSPS) is 15.2. The molecule has 6 nitrogen and oxygen atoms in total. The number of rotatable bonds is 9. The van der Waals surface area contributed by atoms with Crippen LogP contribution in [0.3, 0.4) is 0 Å². The molecule has 1 fully saturated rings. The molecule has 0 bridgehead atoms. The van der Waals surface area contributed by atoms with E-state index >= 15 is 0 Å². The van der Waals surface area contributed by atoms with Crippen molar-refractivity contribution < 1.29 is 19.1 Å². The predicted octanol–water partition coefficient (Wildman–Crippen LogP) is 2.79. The number of benzene rings is 1. The topological polar surface area (TPSA) is 84.5 Å². The van der Waals surface area contributed by atoms with Crippen LogP contribution in [0, 0.1) is 0 Å². The molecule has 0 aromatic heterocycles. The molecule has 0 aliphatic heterocycles. The molecule has 2 rings (SSSR count). The minimum atomic E-state index is -0.806. The van der Waals surface area contributed by atoms with E-state index in [1.807, 2.05) is 6.26 Å². The SMILES string of the molecule is CSCC[C@@H](NC(=O)c1ccc(Cl)cc1)C(=O)OCC(=O)NC1CCCC1. The van der Waals surface area contributed by atoms with Crippen LogP contribution in [0.15, 0.2) is 24.3 Å². The van der Waals surface area contributed by atoms with Gasteiger partial charge in [0.15, 0.2) is 6.61 Å². The molecule has 2 N–H and O–H groups in total. The summed E-state index contributed by atoms with van der Waals surface area (Å²) < 4.78 is 5.13. The number of carbonyl (C=O) groups excluding carboxylic acids is 3. The van der Waals surface area contributed by atoms with Gasteiger partial charge >= 0.3 is 5.97 Å². The Morgan fingerprint density at radius 3 is 2.52 bits per heavy atom. The molecular formula is C19H25ClN2O4S. The van der Waals surface area contributed by atoms with E-state index in [9.17, 15) is 14.4 Å². The van der Waals surface area contributed by atoms with Gasteiger partial charge in [0, 0.05) is 16.6 Å². The average Bonchev–Trinajstić information content (AvgIpc) is 3.16. The number of esters is 1. The van der Waals surface area contributed by atoms with Gasteiger partial charge < -0.3 is 15.4 Å². The van der Waals surface area contributed by atoms with Gasteiger partial charge in [-0.2, -0.15) is 11.8 Å². The summed E-state index contributed by atoms with van der Waals surface area (Å²) in [4.78, 5) is 36.6. The van der Waals surface area contributed by atoms with Crippen LogP contribution in [0.2, 0.25) is 5.02 Å². The van der Waals surface area contributed by atoms with Crippen molar-refractivity contribution in [2.24, 2.45) is 0 Å². The Morgan fingerprint density at radius 1 is 1.22 bits per heavy atom. The first-order valence-electron chi connectivity index (χ1n) is 9.01. The van der Waals surface area contributed by atoms with E-state index in [1.165, 1.54) is 0 Å². The summed E-state index contributed by atoms with van der Waals surface area (Å²) in [6.45, 7) is -0.331. The fourth-order valence-corrected chi connectivity index (χ4v) is 3.50. The molecule has 1 atom stereocenters. The first kappa shape index (κ1) is 21.6. The highest BCUT2D eigenvalue weighted by Crippen LogP contribution is 2.17. The van der Waals surface area contributed by atoms with Crippen molar-refractivity contribution in [2.45, 2.75) is 44.2 Å². The van der Waals surface area contributed by atoms with E-state index in [1.54, 1.807) is 36.0 Å². The van der Waals surface area contributed by atoms with Gasteiger partial charge in [-0.25, -0.2) is 4.79 Å². The molecule has 0 unspecified atom stereocenters. The van der Waals surface area contributed by atoms with E-state index in [0.29, 0.717) is 22.8 Å². The zero-order valence-electron chi connectivity index (χ0n) is 15.3. The molecule has 0 spiro atoms. The maximum absolute atomic E-state index is 12.4. The summed E-state index contributed by atoms with van der Waals surface area (Å²) >= 11 is 7.39. The van der Waals surface area contributed by atoms with Crippen LogP contribution in [-0.2, 0) is 14.3 Å². The van der Waals surface area contributed by atoms with E-state index in [0.717, 1.165) is 25.7 Å². The summed E-state index contributed by atoms with van der Waals surface area (Å²) in [5, 5.41) is 6.08. The Hall–Kier alpha value is -1.73. The number of nitrogens with one attached hydrogen (secondary N) is 2. The molecular weight excluding hydrogens is 388 g/mol. The Kier molecular flexibility index (Phi) is 8.94. The lowest BCUT2D eigenvalue weighted by molar-refractivity contribution is -0.150. The molecule has 0 heterocycles. The summed E-state index contributed by atoms with van der Waals surface area (Å²) in [7, 11) is 0. The third-order valence-corrected chi connectivity index (χ3v) is 5.27. The number of carbonyl (C=O) groups is 3. The lowest BCUT2D eigenvalue weighted by atomic mass is 10.1. The second kappa shape index (κ2) is 11.2. The number of hydrogen-bond acceptors (Lipinski definition) is 5. The van der Waals surface area contributed by atoms with E-state index in [4.69, 9.17) is 16.3 Å². The van der Waals surface area contributed by atoms with E-state index < -0.39 is 12.0 Å². The van der Waals surface area contributed by atoms with Crippen LogP contribution in [-0.4, -0.2) is 48.5 Å². The van der Waals surface area contributed by atoms with E-state index in [-0.39, 0.29) is 24.5 Å². The smallest absolute Gasteiger partial charge is 0.329 e. The second-order valence-electron chi connectivity index (χ2n) is 6.47.